The van der Waals surface area contributed by atoms with E-state index in [0.29, 0.717) is 13.1 Å². The maximum absolute atomic E-state index is 11.8. The van der Waals surface area contributed by atoms with Crippen molar-refractivity contribution in [3.05, 3.63) is 0 Å². The van der Waals surface area contributed by atoms with Crippen molar-refractivity contribution in [1.82, 2.24) is 10.2 Å². The molecule has 0 aromatic rings. The molecule has 0 aliphatic carbocycles. The third-order valence-corrected chi connectivity index (χ3v) is 2.06. The minimum absolute atomic E-state index is 0.103. The smallest absolute Gasteiger partial charge is 0.323 e. The highest BCUT2D eigenvalue weighted by Crippen LogP contribution is 2.02. The van der Waals surface area contributed by atoms with Crippen LogP contribution in [0.3, 0.4) is 0 Å². The minimum atomic E-state index is -0.964. The van der Waals surface area contributed by atoms with Crippen LogP contribution in [0.25, 0.3) is 0 Å². The zero-order chi connectivity index (χ0) is 11.8. The largest absolute Gasteiger partial charge is 0.480 e. The first-order chi connectivity index (χ1) is 7.02. The number of aliphatic carboxylic acids is 1. The summed E-state index contributed by atoms with van der Waals surface area (Å²) in [5.41, 5.74) is 0. The Bertz CT molecular complexity index is 219. The fourth-order valence-electron chi connectivity index (χ4n) is 1.41. The van der Waals surface area contributed by atoms with Gasteiger partial charge < -0.3 is 15.3 Å². The monoisotopic (exact) mass is 216 g/mol. The van der Waals surface area contributed by atoms with Crippen molar-refractivity contribution in [2.24, 2.45) is 5.92 Å². The van der Waals surface area contributed by atoms with Crippen LogP contribution in [0, 0.1) is 5.92 Å². The molecule has 0 aromatic heterocycles. The minimum Gasteiger partial charge on any atom is -0.480 e. The van der Waals surface area contributed by atoms with E-state index in [1.165, 1.54) is 4.90 Å². The van der Waals surface area contributed by atoms with Gasteiger partial charge >= 0.3 is 5.97 Å². The van der Waals surface area contributed by atoms with Gasteiger partial charge in [0.2, 0.25) is 5.91 Å². The SMILES string of the molecule is CCCN(CC(=O)O)C(=O)C(C)CNC. The van der Waals surface area contributed by atoms with E-state index in [1.807, 2.05) is 6.92 Å². The van der Waals surface area contributed by atoms with Crippen molar-refractivity contribution in [3.8, 4) is 0 Å². The van der Waals surface area contributed by atoms with E-state index in [2.05, 4.69) is 5.32 Å². The Kier molecular flexibility index (Phi) is 6.70. The number of carbonyl (C=O) groups excluding carboxylic acids is 1. The van der Waals surface area contributed by atoms with Crippen LogP contribution in [0.2, 0.25) is 0 Å². The average molecular weight is 216 g/mol. The molecule has 0 radical (unpaired) electrons. The molecule has 0 bridgehead atoms. The number of hydrogen-bond acceptors (Lipinski definition) is 3. The lowest BCUT2D eigenvalue weighted by atomic mass is 10.1. The van der Waals surface area contributed by atoms with Crippen LogP contribution in [0.15, 0.2) is 0 Å². The van der Waals surface area contributed by atoms with Crippen LogP contribution >= 0.6 is 0 Å². The van der Waals surface area contributed by atoms with Crippen molar-refractivity contribution in [2.45, 2.75) is 20.3 Å². The van der Waals surface area contributed by atoms with Gasteiger partial charge in [-0.3, -0.25) is 9.59 Å². The molecule has 0 heterocycles. The Balaban J connectivity index is 4.32. The molecule has 0 spiro atoms. The second kappa shape index (κ2) is 7.23. The summed E-state index contributed by atoms with van der Waals surface area (Å²) in [7, 11) is 1.77. The summed E-state index contributed by atoms with van der Waals surface area (Å²) in [5, 5.41) is 11.6. The quantitative estimate of drug-likeness (QED) is 0.636. The molecule has 0 rings (SSSR count). The number of carboxylic acid groups (broad SMARTS) is 1. The van der Waals surface area contributed by atoms with E-state index in [-0.39, 0.29) is 18.4 Å². The lowest BCUT2D eigenvalue weighted by Gasteiger charge is -2.23. The fraction of sp³-hybridized carbons (Fsp3) is 0.800. The Hall–Kier alpha value is -1.10. The highest BCUT2D eigenvalue weighted by Gasteiger charge is 2.20. The van der Waals surface area contributed by atoms with E-state index in [0.717, 1.165) is 6.42 Å². The first kappa shape index (κ1) is 13.9. The van der Waals surface area contributed by atoms with Crippen molar-refractivity contribution < 1.29 is 14.7 Å². The van der Waals surface area contributed by atoms with Gasteiger partial charge in [0.1, 0.15) is 6.54 Å². The maximum Gasteiger partial charge on any atom is 0.323 e. The molecule has 0 saturated carbocycles. The molecular formula is C10H20N2O3. The second-order valence-electron chi connectivity index (χ2n) is 3.61. The van der Waals surface area contributed by atoms with Crippen molar-refractivity contribution in [1.29, 1.82) is 0 Å². The average Bonchev–Trinajstić information content (AvgIpc) is 2.16. The van der Waals surface area contributed by atoms with Gasteiger partial charge in [-0.2, -0.15) is 0 Å². The third-order valence-electron chi connectivity index (χ3n) is 2.06. The van der Waals surface area contributed by atoms with E-state index < -0.39 is 5.97 Å². The van der Waals surface area contributed by atoms with E-state index >= 15 is 0 Å². The Morgan fingerprint density at radius 3 is 2.47 bits per heavy atom. The number of nitrogens with one attached hydrogen (secondary N) is 1. The Labute approximate surface area is 90.5 Å². The number of amides is 1. The highest BCUT2D eigenvalue weighted by atomic mass is 16.4. The molecule has 0 aromatic carbocycles. The molecule has 0 aliphatic rings. The molecule has 5 heteroatoms. The van der Waals surface area contributed by atoms with Crippen LogP contribution in [0.5, 0.6) is 0 Å². The predicted molar refractivity (Wildman–Crippen MR) is 57.6 cm³/mol. The lowest BCUT2D eigenvalue weighted by Crippen LogP contribution is -2.41. The molecule has 15 heavy (non-hydrogen) atoms. The van der Waals surface area contributed by atoms with Gasteiger partial charge in [-0.05, 0) is 13.5 Å². The van der Waals surface area contributed by atoms with Crippen LogP contribution < -0.4 is 5.32 Å². The molecule has 1 unspecified atom stereocenters. The van der Waals surface area contributed by atoms with Gasteiger partial charge in [-0.25, -0.2) is 0 Å². The standard InChI is InChI=1S/C10H20N2O3/c1-4-5-12(7-9(13)14)10(15)8(2)6-11-3/h8,11H,4-7H2,1-3H3,(H,13,14). The molecule has 1 atom stereocenters. The number of carbonyl (C=O) groups is 2. The van der Waals surface area contributed by atoms with Gasteiger partial charge in [-0.15, -0.1) is 0 Å². The normalized spacial score (nSPS) is 12.2. The lowest BCUT2D eigenvalue weighted by molar-refractivity contribution is -0.146. The summed E-state index contributed by atoms with van der Waals surface area (Å²) in [6.45, 7) is 4.58. The first-order valence-corrected chi connectivity index (χ1v) is 5.18. The zero-order valence-corrected chi connectivity index (χ0v) is 9.62. The molecule has 5 nitrogen and oxygen atoms in total. The second-order valence-corrected chi connectivity index (χ2v) is 3.61. The van der Waals surface area contributed by atoms with Crippen molar-refractivity contribution in [2.75, 3.05) is 26.7 Å². The number of nitrogens with zero attached hydrogens (tertiary/aromatic N) is 1. The van der Waals surface area contributed by atoms with Crippen LogP contribution in [0.1, 0.15) is 20.3 Å². The van der Waals surface area contributed by atoms with Gasteiger partial charge in [0.05, 0.1) is 0 Å². The van der Waals surface area contributed by atoms with Crippen LogP contribution in [-0.2, 0) is 9.59 Å². The summed E-state index contributed by atoms with van der Waals surface area (Å²) < 4.78 is 0. The molecule has 2 N–H and O–H groups in total. The van der Waals surface area contributed by atoms with E-state index in [1.54, 1.807) is 14.0 Å². The predicted octanol–water partition coefficient (Wildman–Crippen LogP) is 0.165. The summed E-state index contributed by atoms with van der Waals surface area (Å²) in [6, 6.07) is 0. The molecular weight excluding hydrogens is 196 g/mol. The Morgan fingerprint density at radius 1 is 1.47 bits per heavy atom. The summed E-state index contributed by atoms with van der Waals surface area (Å²) in [5.74, 6) is -1.25. The topological polar surface area (TPSA) is 69.6 Å². The van der Waals surface area contributed by atoms with Crippen LogP contribution in [0.4, 0.5) is 0 Å². The molecule has 0 saturated heterocycles. The van der Waals surface area contributed by atoms with Crippen LogP contribution in [-0.4, -0.2) is 48.6 Å². The molecule has 88 valence electrons. The molecule has 0 aliphatic heterocycles. The van der Waals surface area contributed by atoms with E-state index in [4.69, 9.17) is 5.11 Å². The number of carboxylic acids is 1. The van der Waals surface area contributed by atoms with Crippen molar-refractivity contribution >= 4 is 11.9 Å². The highest BCUT2D eigenvalue weighted by molar-refractivity contribution is 5.83. The summed E-state index contributed by atoms with van der Waals surface area (Å²) >= 11 is 0. The maximum atomic E-state index is 11.8. The van der Waals surface area contributed by atoms with Gasteiger partial charge in [0, 0.05) is 19.0 Å². The number of hydrogen-bond donors (Lipinski definition) is 2. The van der Waals surface area contributed by atoms with E-state index in [9.17, 15) is 9.59 Å². The molecule has 0 fully saturated rings. The zero-order valence-electron chi connectivity index (χ0n) is 9.62. The van der Waals surface area contributed by atoms with Gasteiger partial charge in [0.15, 0.2) is 0 Å². The van der Waals surface area contributed by atoms with Crippen molar-refractivity contribution in [3.63, 3.8) is 0 Å². The Morgan fingerprint density at radius 2 is 2.07 bits per heavy atom. The third kappa shape index (κ3) is 5.37. The van der Waals surface area contributed by atoms with Gasteiger partial charge in [0.25, 0.3) is 0 Å². The molecule has 1 amide bonds. The van der Waals surface area contributed by atoms with Gasteiger partial charge in [-0.1, -0.05) is 13.8 Å². The fourth-order valence-corrected chi connectivity index (χ4v) is 1.41. The summed E-state index contributed by atoms with van der Waals surface area (Å²) in [6.07, 6.45) is 0.769. The number of rotatable bonds is 7. The first-order valence-electron chi connectivity index (χ1n) is 5.18. The summed E-state index contributed by atoms with van der Waals surface area (Å²) in [4.78, 5) is 23.7.